The Hall–Kier alpha value is -2.78. The van der Waals surface area contributed by atoms with Gasteiger partial charge in [-0.15, -0.1) is 0 Å². The van der Waals surface area contributed by atoms with Gasteiger partial charge in [0.1, 0.15) is 11.6 Å². The number of nitrogens with one attached hydrogen (secondary N) is 1. The van der Waals surface area contributed by atoms with E-state index in [-0.39, 0.29) is 5.57 Å². The molecule has 0 saturated heterocycles. The maximum Gasteiger partial charge on any atom is 0.266 e. The Morgan fingerprint density at radius 3 is 2.69 bits per heavy atom. The lowest BCUT2D eigenvalue weighted by atomic mass is 10.1. The number of carbonyl (C=O) groups excluding carboxylic acids is 1. The van der Waals surface area contributed by atoms with Gasteiger partial charge in [0.05, 0.1) is 13.7 Å². The number of unbranched alkanes of at least 4 members (excludes halogenated alkanes) is 3. The summed E-state index contributed by atoms with van der Waals surface area (Å²) in [5, 5.41) is 12.1. The first-order valence-electron chi connectivity index (χ1n) is 9.57. The van der Waals surface area contributed by atoms with Crippen LogP contribution in [0.3, 0.4) is 0 Å². The Morgan fingerprint density at radius 1 is 1.17 bits per heavy atom. The van der Waals surface area contributed by atoms with Gasteiger partial charge in [0.2, 0.25) is 0 Å². The molecule has 2 rings (SSSR count). The summed E-state index contributed by atoms with van der Waals surface area (Å²) in [6.45, 7) is 2.80. The number of ether oxygens (including phenoxy) is 2. The largest absolute Gasteiger partial charge is 0.493 e. The molecular weight excluding hydrogens is 432 g/mol. The minimum atomic E-state index is -0.471. The van der Waals surface area contributed by atoms with Crippen molar-refractivity contribution in [2.75, 3.05) is 19.0 Å². The normalized spacial score (nSPS) is 10.9. The zero-order chi connectivity index (χ0) is 21.1. The van der Waals surface area contributed by atoms with Crippen molar-refractivity contribution in [2.45, 2.75) is 32.6 Å². The fourth-order valence-corrected chi connectivity index (χ4v) is 3.08. The summed E-state index contributed by atoms with van der Waals surface area (Å²) in [4.78, 5) is 12.4. The highest BCUT2D eigenvalue weighted by Gasteiger charge is 2.11. The molecule has 0 fully saturated rings. The van der Waals surface area contributed by atoms with Crippen LogP contribution in [0.2, 0.25) is 0 Å². The van der Waals surface area contributed by atoms with Crippen molar-refractivity contribution in [3.8, 4) is 17.6 Å². The van der Waals surface area contributed by atoms with E-state index < -0.39 is 5.91 Å². The first kappa shape index (κ1) is 22.5. The van der Waals surface area contributed by atoms with Crippen LogP contribution in [0.1, 0.15) is 38.2 Å². The molecule has 2 aromatic carbocycles. The maximum atomic E-state index is 12.4. The predicted molar refractivity (Wildman–Crippen MR) is 119 cm³/mol. The summed E-state index contributed by atoms with van der Waals surface area (Å²) in [7, 11) is 1.57. The maximum absolute atomic E-state index is 12.4. The average Bonchev–Trinajstić information content (AvgIpc) is 2.72. The van der Waals surface area contributed by atoms with Gasteiger partial charge in [-0.1, -0.05) is 54.2 Å². The summed E-state index contributed by atoms with van der Waals surface area (Å²) in [5.74, 6) is 0.748. The third-order valence-electron chi connectivity index (χ3n) is 4.20. The van der Waals surface area contributed by atoms with Gasteiger partial charge in [-0.3, -0.25) is 4.79 Å². The Bertz CT molecular complexity index is 903. The molecule has 6 heteroatoms. The number of benzene rings is 2. The van der Waals surface area contributed by atoms with Crippen LogP contribution >= 0.6 is 15.9 Å². The Kier molecular flexibility index (Phi) is 9.26. The van der Waals surface area contributed by atoms with Crippen LogP contribution in [0.25, 0.3) is 6.08 Å². The van der Waals surface area contributed by atoms with Crippen LogP contribution in [-0.4, -0.2) is 19.6 Å². The van der Waals surface area contributed by atoms with E-state index in [0.717, 1.165) is 17.3 Å². The highest BCUT2D eigenvalue weighted by molar-refractivity contribution is 9.10. The van der Waals surface area contributed by atoms with Crippen molar-refractivity contribution in [1.29, 1.82) is 5.26 Å². The zero-order valence-electron chi connectivity index (χ0n) is 16.7. The number of nitriles is 1. The minimum Gasteiger partial charge on any atom is -0.493 e. The second-order valence-corrected chi connectivity index (χ2v) is 7.37. The third-order valence-corrected chi connectivity index (χ3v) is 4.69. The highest BCUT2D eigenvalue weighted by Crippen LogP contribution is 2.29. The van der Waals surface area contributed by atoms with Crippen LogP contribution in [-0.2, 0) is 4.79 Å². The van der Waals surface area contributed by atoms with Crippen LogP contribution < -0.4 is 14.8 Å². The number of hydrogen-bond donors (Lipinski definition) is 1. The van der Waals surface area contributed by atoms with E-state index in [9.17, 15) is 10.1 Å². The Labute approximate surface area is 180 Å². The van der Waals surface area contributed by atoms with Gasteiger partial charge in [0, 0.05) is 10.2 Å². The number of halogens is 1. The van der Waals surface area contributed by atoms with Crippen LogP contribution in [0.5, 0.6) is 11.5 Å². The zero-order valence-corrected chi connectivity index (χ0v) is 18.3. The van der Waals surface area contributed by atoms with Crippen molar-refractivity contribution in [1.82, 2.24) is 0 Å². The SMILES string of the molecule is CCCCCCOc1ccc(/C=C(\C#N)C(=O)Nc2cccc(Br)c2)cc1OC. The number of anilines is 1. The second-order valence-electron chi connectivity index (χ2n) is 6.45. The molecule has 5 nitrogen and oxygen atoms in total. The molecule has 0 aliphatic carbocycles. The lowest BCUT2D eigenvalue weighted by molar-refractivity contribution is -0.112. The molecule has 0 aromatic heterocycles. The smallest absolute Gasteiger partial charge is 0.266 e. The van der Waals surface area contributed by atoms with E-state index in [0.29, 0.717) is 29.4 Å². The molecule has 0 aliphatic rings. The fraction of sp³-hybridized carbons (Fsp3) is 0.304. The minimum absolute atomic E-state index is 0.000243. The van der Waals surface area contributed by atoms with Gasteiger partial charge in [-0.2, -0.15) is 5.26 Å². The van der Waals surface area contributed by atoms with E-state index in [4.69, 9.17) is 9.47 Å². The number of rotatable bonds is 10. The first-order chi connectivity index (χ1) is 14.1. The summed E-state index contributed by atoms with van der Waals surface area (Å²) in [6.07, 6.45) is 6.04. The Morgan fingerprint density at radius 2 is 2.00 bits per heavy atom. The molecule has 1 amide bonds. The summed E-state index contributed by atoms with van der Waals surface area (Å²) >= 11 is 3.36. The van der Waals surface area contributed by atoms with E-state index >= 15 is 0 Å². The van der Waals surface area contributed by atoms with Gasteiger partial charge >= 0.3 is 0 Å². The topological polar surface area (TPSA) is 71.3 Å². The molecule has 0 saturated carbocycles. The lowest BCUT2D eigenvalue weighted by Gasteiger charge is -2.11. The summed E-state index contributed by atoms with van der Waals surface area (Å²) in [6, 6.07) is 14.5. The number of nitrogens with zero attached hydrogens (tertiary/aromatic N) is 1. The van der Waals surface area contributed by atoms with Crippen molar-refractivity contribution >= 4 is 33.6 Å². The van der Waals surface area contributed by atoms with E-state index in [1.807, 2.05) is 12.1 Å². The number of amides is 1. The number of methoxy groups -OCH3 is 1. The number of carbonyl (C=O) groups is 1. The molecule has 1 N–H and O–H groups in total. The first-order valence-corrected chi connectivity index (χ1v) is 10.4. The molecule has 0 radical (unpaired) electrons. The molecule has 0 spiro atoms. The van der Waals surface area contributed by atoms with E-state index in [2.05, 4.69) is 28.2 Å². The van der Waals surface area contributed by atoms with Gasteiger partial charge in [-0.25, -0.2) is 0 Å². The lowest BCUT2D eigenvalue weighted by Crippen LogP contribution is -2.13. The van der Waals surface area contributed by atoms with Crippen molar-refractivity contribution in [3.63, 3.8) is 0 Å². The predicted octanol–water partition coefficient (Wildman–Crippen LogP) is 5.96. The summed E-state index contributed by atoms with van der Waals surface area (Å²) in [5.41, 5.74) is 1.29. The molecule has 0 bridgehead atoms. The Balaban J connectivity index is 2.09. The van der Waals surface area contributed by atoms with Crippen LogP contribution in [0.15, 0.2) is 52.5 Å². The molecule has 29 heavy (non-hydrogen) atoms. The average molecular weight is 457 g/mol. The molecular formula is C23H25BrN2O3. The standard InChI is InChI=1S/C23H25BrN2O3/c1-3-4-5-6-12-29-21-11-10-17(14-22(21)28-2)13-18(16-25)23(27)26-20-9-7-8-19(24)15-20/h7-11,13-15H,3-6,12H2,1-2H3,(H,26,27)/b18-13+. The second kappa shape index (κ2) is 11.9. The molecule has 0 heterocycles. The van der Waals surface area contributed by atoms with Crippen molar-refractivity contribution < 1.29 is 14.3 Å². The molecule has 0 atom stereocenters. The molecule has 2 aromatic rings. The summed E-state index contributed by atoms with van der Waals surface area (Å²) < 4.78 is 12.1. The molecule has 0 aliphatic heterocycles. The quantitative estimate of drug-likeness (QED) is 0.271. The number of hydrogen-bond acceptors (Lipinski definition) is 4. The third kappa shape index (κ3) is 7.28. The van der Waals surface area contributed by atoms with E-state index in [1.165, 1.54) is 18.9 Å². The van der Waals surface area contributed by atoms with E-state index in [1.54, 1.807) is 43.5 Å². The van der Waals surface area contributed by atoms with Gasteiger partial charge in [0.25, 0.3) is 5.91 Å². The van der Waals surface area contributed by atoms with Crippen molar-refractivity contribution in [2.24, 2.45) is 0 Å². The molecule has 0 unspecified atom stereocenters. The monoisotopic (exact) mass is 456 g/mol. The molecule has 152 valence electrons. The van der Waals surface area contributed by atoms with Gasteiger partial charge in [-0.05, 0) is 48.4 Å². The highest BCUT2D eigenvalue weighted by atomic mass is 79.9. The van der Waals surface area contributed by atoms with Gasteiger partial charge < -0.3 is 14.8 Å². The fourth-order valence-electron chi connectivity index (χ4n) is 2.68. The van der Waals surface area contributed by atoms with Gasteiger partial charge in [0.15, 0.2) is 11.5 Å². The van der Waals surface area contributed by atoms with Crippen LogP contribution in [0, 0.1) is 11.3 Å². The van der Waals surface area contributed by atoms with Crippen molar-refractivity contribution in [3.05, 3.63) is 58.1 Å². The van der Waals surface area contributed by atoms with Crippen LogP contribution in [0.4, 0.5) is 5.69 Å².